The molecule has 0 aromatic heterocycles. The third kappa shape index (κ3) is 4.24. The second-order valence-electron chi connectivity index (χ2n) is 6.52. The number of aryl methyl sites for hydroxylation is 1. The van der Waals surface area contributed by atoms with Crippen LogP contribution in [0.5, 0.6) is 17.2 Å². The summed E-state index contributed by atoms with van der Waals surface area (Å²) in [6, 6.07) is 19.8. The number of phenols is 1. The zero-order valence-electron chi connectivity index (χ0n) is 16.5. The molecule has 0 aliphatic heterocycles. The summed E-state index contributed by atoms with van der Waals surface area (Å²) in [6.07, 6.45) is 0. The van der Waals surface area contributed by atoms with Crippen LogP contribution >= 0.6 is 0 Å². The summed E-state index contributed by atoms with van der Waals surface area (Å²) in [4.78, 5) is 10.2. The minimum absolute atomic E-state index is 0.275. The van der Waals surface area contributed by atoms with Gasteiger partial charge in [-0.05, 0) is 70.4 Å². The Morgan fingerprint density at radius 1 is 0.793 bits per heavy atom. The van der Waals surface area contributed by atoms with E-state index in [0.29, 0.717) is 11.3 Å². The molecule has 0 fully saturated rings. The Balaban J connectivity index is 0.000000224. The number of fused-ring (bicyclic) bond motifs is 3. The highest BCUT2D eigenvalue weighted by Crippen LogP contribution is 2.38. The van der Waals surface area contributed by atoms with Crippen LogP contribution in [0.4, 0.5) is 0 Å². The predicted octanol–water partition coefficient (Wildman–Crippen LogP) is 5.41. The fourth-order valence-electron chi connectivity index (χ4n) is 3.23. The highest BCUT2D eigenvalue weighted by Gasteiger charge is 2.11. The molecule has 29 heavy (non-hydrogen) atoms. The summed E-state index contributed by atoms with van der Waals surface area (Å²) >= 11 is 0. The molecule has 0 saturated heterocycles. The number of aromatic carboxylic acids is 1. The van der Waals surface area contributed by atoms with Gasteiger partial charge in [-0.15, -0.1) is 0 Å². The van der Waals surface area contributed by atoms with E-state index in [1.54, 1.807) is 56.7 Å². The number of carboxylic acid groups (broad SMARTS) is 1. The Morgan fingerprint density at radius 2 is 1.41 bits per heavy atom. The molecule has 5 nitrogen and oxygen atoms in total. The van der Waals surface area contributed by atoms with Crippen LogP contribution in [-0.4, -0.2) is 30.4 Å². The minimum Gasteiger partial charge on any atom is -0.508 e. The lowest BCUT2D eigenvalue weighted by Crippen LogP contribution is -1.93. The lowest BCUT2D eigenvalue weighted by molar-refractivity contribution is 0.0697. The molecule has 0 unspecified atom stereocenters. The van der Waals surface area contributed by atoms with Gasteiger partial charge in [0.25, 0.3) is 0 Å². The zero-order chi connectivity index (χ0) is 21.0. The van der Waals surface area contributed by atoms with E-state index >= 15 is 0 Å². The number of aromatic hydroxyl groups is 1. The van der Waals surface area contributed by atoms with Gasteiger partial charge in [0, 0.05) is 0 Å². The van der Waals surface area contributed by atoms with Crippen molar-refractivity contribution in [2.24, 2.45) is 0 Å². The molecule has 4 aromatic carbocycles. The van der Waals surface area contributed by atoms with Gasteiger partial charge in [-0.25, -0.2) is 4.79 Å². The monoisotopic (exact) mass is 390 g/mol. The Labute approximate surface area is 168 Å². The number of phenolic OH excluding ortho intramolecular Hbond substituents is 1. The first-order chi connectivity index (χ1) is 13.9. The zero-order valence-corrected chi connectivity index (χ0v) is 16.5. The molecule has 0 aliphatic rings. The maximum absolute atomic E-state index is 10.2. The second kappa shape index (κ2) is 8.52. The normalized spacial score (nSPS) is 10.3. The number of rotatable bonds is 3. The molecule has 4 aromatic rings. The molecule has 2 N–H and O–H groups in total. The lowest BCUT2D eigenvalue weighted by atomic mass is 9.97. The van der Waals surface area contributed by atoms with Gasteiger partial charge in [0.15, 0.2) is 11.5 Å². The SMILES string of the molecule is COc1cc2c(C)cc3cc(O)ccc3c2cc1OC.O=C(O)c1ccccc1. The molecule has 0 heterocycles. The Hall–Kier alpha value is -3.73. The number of hydrogen-bond acceptors (Lipinski definition) is 4. The van der Waals surface area contributed by atoms with Crippen LogP contribution in [0.1, 0.15) is 15.9 Å². The quantitative estimate of drug-likeness (QED) is 0.458. The summed E-state index contributed by atoms with van der Waals surface area (Å²) in [7, 11) is 3.27. The van der Waals surface area contributed by atoms with Crippen molar-refractivity contribution in [3.63, 3.8) is 0 Å². The summed E-state index contributed by atoms with van der Waals surface area (Å²) < 4.78 is 10.7. The van der Waals surface area contributed by atoms with Crippen molar-refractivity contribution in [1.82, 2.24) is 0 Å². The molecule has 0 atom stereocenters. The number of carbonyl (C=O) groups is 1. The molecular formula is C24H22O5. The summed E-state index contributed by atoms with van der Waals surface area (Å²) in [5, 5.41) is 22.3. The molecule has 0 aliphatic carbocycles. The Kier molecular flexibility index (Phi) is 5.88. The fourth-order valence-corrected chi connectivity index (χ4v) is 3.23. The number of benzene rings is 4. The average Bonchev–Trinajstić information content (AvgIpc) is 2.73. The van der Waals surface area contributed by atoms with Crippen molar-refractivity contribution < 1.29 is 24.5 Å². The van der Waals surface area contributed by atoms with Crippen LogP contribution in [0.15, 0.2) is 66.7 Å². The van der Waals surface area contributed by atoms with Crippen molar-refractivity contribution in [3.8, 4) is 17.2 Å². The van der Waals surface area contributed by atoms with Crippen LogP contribution in [0.2, 0.25) is 0 Å². The van der Waals surface area contributed by atoms with Gasteiger partial charge in [0.1, 0.15) is 5.75 Å². The number of ether oxygens (including phenoxy) is 2. The maximum Gasteiger partial charge on any atom is 0.335 e. The van der Waals surface area contributed by atoms with Crippen LogP contribution in [0.3, 0.4) is 0 Å². The first-order valence-electron chi connectivity index (χ1n) is 9.01. The summed E-state index contributed by atoms with van der Waals surface area (Å²) in [5.41, 5.74) is 1.47. The number of carboxylic acids is 1. The number of hydrogen-bond donors (Lipinski definition) is 2. The van der Waals surface area contributed by atoms with Gasteiger partial charge in [-0.1, -0.05) is 30.3 Å². The predicted molar refractivity (Wildman–Crippen MR) is 114 cm³/mol. The molecule has 0 amide bonds. The van der Waals surface area contributed by atoms with Gasteiger partial charge in [-0.3, -0.25) is 0 Å². The van der Waals surface area contributed by atoms with Crippen molar-refractivity contribution in [3.05, 3.63) is 77.9 Å². The van der Waals surface area contributed by atoms with Crippen LogP contribution in [0, 0.1) is 6.92 Å². The highest BCUT2D eigenvalue weighted by atomic mass is 16.5. The fraction of sp³-hybridized carbons (Fsp3) is 0.125. The highest BCUT2D eigenvalue weighted by molar-refractivity contribution is 6.10. The molecule has 0 saturated carbocycles. The van der Waals surface area contributed by atoms with Crippen molar-refractivity contribution >= 4 is 27.5 Å². The van der Waals surface area contributed by atoms with Crippen LogP contribution < -0.4 is 9.47 Å². The van der Waals surface area contributed by atoms with Gasteiger partial charge in [-0.2, -0.15) is 0 Å². The molecular weight excluding hydrogens is 368 g/mol. The van der Waals surface area contributed by atoms with E-state index in [-0.39, 0.29) is 5.75 Å². The van der Waals surface area contributed by atoms with Gasteiger partial charge in [0.05, 0.1) is 19.8 Å². The molecule has 4 rings (SSSR count). The van der Waals surface area contributed by atoms with E-state index in [2.05, 4.69) is 13.0 Å². The topological polar surface area (TPSA) is 76.0 Å². The molecule has 148 valence electrons. The van der Waals surface area contributed by atoms with Gasteiger partial charge in [0.2, 0.25) is 0 Å². The first kappa shape index (κ1) is 20.0. The third-order valence-electron chi connectivity index (χ3n) is 4.67. The lowest BCUT2D eigenvalue weighted by Gasteiger charge is -2.13. The summed E-state index contributed by atoms with van der Waals surface area (Å²) in [5.74, 6) is 0.827. The Morgan fingerprint density at radius 3 is 1.97 bits per heavy atom. The van der Waals surface area contributed by atoms with E-state index in [1.807, 2.05) is 18.2 Å². The molecule has 0 radical (unpaired) electrons. The largest absolute Gasteiger partial charge is 0.508 e. The van der Waals surface area contributed by atoms with E-state index in [9.17, 15) is 9.90 Å². The van der Waals surface area contributed by atoms with E-state index in [4.69, 9.17) is 14.6 Å². The van der Waals surface area contributed by atoms with Crippen molar-refractivity contribution in [2.75, 3.05) is 14.2 Å². The van der Waals surface area contributed by atoms with Crippen LogP contribution in [-0.2, 0) is 0 Å². The third-order valence-corrected chi connectivity index (χ3v) is 4.67. The first-order valence-corrected chi connectivity index (χ1v) is 9.01. The number of methoxy groups -OCH3 is 2. The van der Waals surface area contributed by atoms with E-state index in [0.717, 1.165) is 32.9 Å². The second-order valence-corrected chi connectivity index (χ2v) is 6.52. The van der Waals surface area contributed by atoms with Crippen molar-refractivity contribution in [2.45, 2.75) is 6.92 Å². The van der Waals surface area contributed by atoms with Gasteiger partial charge < -0.3 is 19.7 Å². The van der Waals surface area contributed by atoms with E-state index in [1.165, 1.54) is 0 Å². The molecule has 0 spiro atoms. The Bertz CT molecular complexity index is 1170. The minimum atomic E-state index is -0.879. The van der Waals surface area contributed by atoms with E-state index < -0.39 is 5.97 Å². The maximum atomic E-state index is 10.2. The van der Waals surface area contributed by atoms with Crippen LogP contribution in [0.25, 0.3) is 21.5 Å². The smallest absolute Gasteiger partial charge is 0.335 e. The standard InChI is InChI=1S/C17H16O3.C7H6O2/c1-10-6-11-7-12(18)4-5-13(11)15-9-17(20-3)16(19-2)8-14(10)15;8-7(9)6-4-2-1-3-5-6/h4-9,18H,1-3H3;1-5H,(H,8,9). The summed E-state index contributed by atoms with van der Waals surface area (Å²) in [6.45, 7) is 2.05. The van der Waals surface area contributed by atoms with Gasteiger partial charge >= 0.3 is 5.97 Å². The average molecular weight is 390 g/mol. The molecule has 0 bridgehead atoms. The molecule has 5 heteroatoms. The van der Waals surface area contributed by atoms with Crippen molar-refractivity contribution in [1.29, 1.82) is 0 Å².